The zero-order valence-electron chi connectivity index (χ0n) is 12.4. The zero-order valence-corrected chi connectivity index (χ0v) is 12.4. The van der Waals surface area contributed by atoms with Gasteiger partial charge < -0.3 is 15.7 Å². The number of hydrogen-bond donors (Lipinski definition) is 3. The van der Waals surface area contributed by atoms with E-state index in [2.05, 4.69) is 10.6 Å². The summed E-state index contributed by atoms with van der Waals surface area (Å²) < 4.78 is 13.0. The van der Waals surface area contributed by atoms with Crippen LogP contribution in [0.1, 0.15) is 36.8 Å². The molecule has 0 spiro atoms. The highest BCUT2D eigenvalue weighted by molar-refractivity contribution is 5.74. The molecule has 2 rings (SSSR count). The van der Waals surface area contributed by atoms with E-state index in [4.69, 9.17) is 0 Å². The van der Waals surface area contributed by atoms with Crippen molar-refractivity contribution in [2.24, 2.45) is 0 Å². The van der Waals surface area contributed by atoms with Crippen molar-refractivity contribution < 1.29 is 14.3 Å². The topological polar surface area (TPSA) is 61.4 Å². The fourth-order valence-corrected chi connectivity index (χ4v) is 2.71. The number of aryl methyl sites for hydroxylation is 1. The molecule has 1 aliphatic rings. The molecule has 21 heavy (non-hydrogen) atoms. The molecular weight excluding hydrogens is 271 g/mol. The van der Waals surface area contributed by atoms with Crippen LogP contribution in [0.2, 0.25) is 0 Å². The van der Waals surface area contributed by atoms with Gasteiger partial charge in [-0.2, -0.15) is 0 Å². The number of halogens is 1. The molecule has 1 aromatic carbocycles. The monoisotopic (exact) mass is 294 g/mol. The fourth-order valence-electron chi connectivity index (χ4n) is 2.71. The lowest BCUT2D eigenvalue weighted by Crippen LogP contribution is -2.44. The second kappa shape index (κ2) is 7.41. The number of amides is 2. The van der Waals surface area contributed by atoms with E-state index in [0.717, 1.165) is 36.8 Å². The highest BCUT2D eigenvalue weighted by atomic mass is 19.1. The minimum absolute atomic E-state index is 0.154. The van der Waals surface area contributed by atoms with Crippen LogP contribution in [0.3, 0.4) is 0 Å². The largest absolute Gasteiger partial charge is 0.393 e. The van der Waals surface area contributed by atoms with Crippen LogP contribution in [0.4, 0.5) is 9.18 Å². The Morgan fingerprint density at radius 3 is 2.71 bits per heavy atom. The lowest BCUT2D eigenvalue weighted by atomic mass is 9.93. The lowest BCUT2D eigenvalue weighted by molar-refractivity contribution is 0.117. The van der Waals surface area contributed by atoms with E-state index in [1.54, 1.807) is 6.07 Å². The predicted molar refractivity (Wildman–Crippen MR) is 79.6 cm³/mol. The quantitative estimate of drug-likeness (QED) is 0.798. The molecule has 1 fully saturated rings. The van der Waals surface area contributed by atoms with Crippen LogP contribution in [0.5, 0.6) is 0 Å². The van der Waals surface area contributed by atoms with Crippen LogP contribution in [0.25, 0.3) is 0 Å². The first-order chi connectivity index (χ1) is 10.0. The van der Waals surface area contributed by atoms with E-state index in [9.17, 15) is 14.3 Å². The molecule has 0 aromatic heterocycles. The number of urea groups is 1. The van der Waals surface area contributed by atoms with Crippen molar-refractivity contribution in [3.8, 4) is 0 Å². The van der Waals surface area contributed by atoms with Gasteiger partial charge in [0.15, 0.2) is 0 Å². The Bertz CT molecular complexity index is 485. The van der Waals surface area contributed by atoms with Crippen molar-refractivity contribution in [3.05, 3.63) is 35.1 Å². The molecular formula is C16H23FN2O2. The van der Waals surface area contributed by atoms with Gasteiger partial charge in [-0.3, -0.25) is 0 Å². The normalized spacial score (nSPS) is 21.9. The van der Waals surface area contributed by atoms with Gasteiger partial charge in [0.1, 0.15) is 5.82 Å². The molecule has 1 aromatic rings. The van der Waals surface area contributed by atoms with Gasteiger partial charge in [0.05, 0.1) is 6.10 Å². The first-order valence-corrected chi connectivity index (χ1v) is 7.52. The molecule has 0 saturated heterocycles. The van der Waals surface area contributed by atoms with Gasteiger partial charge in [0.2, 0.25) is 0 Å². The number of benzene rings is 1. The van der Waals surface area contributed by atoms with Crippen LogP contribution in [-0.2, 0) is 6.42 Å². The molecule has 2 amide bonds. The van der Waals surface area contributed by atoms with Crippen molar-refractivity contribution in [2.75, 3.05) is 6.54 Å². The first kappa shape index (κ1) is 15.8. The average molecular weight is 294 g/mol. The molecule has 3 N–H and O–H groups in total. The second-order valence-electron chi connectivity index (χ2n) is 5.73. The summed E-state index contributed by atoms with van der Waals surface area (Å²) in [7, 11) is 0. The molecule has 4 nitrogen and oxygen atoms in total. The first-order valence-electron chi connectivity index (χ1n) is 7.52. The molecule has 1 saturated carbocycles. The van der Waals surface area contributed by atoms with Crippen molar-refractivity contribution >= 4 is 6.03 Å². The predicted octanol–water partition coefficient (Wildman–Crippen LogP) is 2.28. The van der Waals surface area contributed by atoms with Crippen LogP contribution < -0.4 is 10.6 Å². The molecule has 0 bridgehead atoms. The van der Waals surface area contributed by atoms with Crippen molar-refractivity contribution in [2.45, 2.75) is 51.2 Å². The molecule has 116 valence electrons. The third-order valence-corrected chi connectivity index (χ3v) is 4.02. The molecule has 0 heterocycles. The van der Waals surface area contributed by atoms with E-state index in [1.807, 2.05) is 6.92 Å². The summed E-state index contributed by atoms with van der Waals surface area (Å²) in [6, 6.07) is 4.68. The summed E-state index contributed by atoms with van der Waals surface area (Å²) in [5, 5.41) is 15.2. The fraction of sp³-hybridized carbons (Fsp3) is 0.562. The number of carbonyl (C=O) groups excluding carboxylic acids is 1. The average Bonchev–Trinajstić information content (AvgIpc) is 2.44. The number of aliphatic hydroxyl groups is 1. The Morgan fingerprint density at radius 2 is 2.05 bits per heavy atom. The number of nitrogens with one attached hydrogen (secondary N) is 2. The molecule has 0 unspecified atom stereocenters. The third kappa shape index (κ3) is 5.01. The summed E-state index contributed by atoms with van der Waals surface area (Å²) >= 11 is 0. The molecule has 0 atom stereocenters. The maximum atomic E-state index is 13.0. The number of rotatable bonds is 4. The van der Waals surface area contributed by atoms with Gasteiger partial charge >= 0.3 is 6.03 Å². The van der Waals surface area contributed by atoms with Crippen molar-refractivity contribution in [1.29, 1.82) is 0 Å². The maximum Gasteiger partial charge on any atom is 0.315 e. The Labute approximate surface area is 124 Å². The second-order valence-corrected chi connectivity index (χ2v) is 5.73. The minimum Gasteiger partial charge on any atom is -0.393 e. The summed E-state index contributed by atoms with van der Waals surface area (Å²) in [6.07, 6.45) is 3.62. The Kier molecular flexibility index (Phi) is 5.56. The highest BCUT2D eigenvalue weighted by Crippen LogP contribution is 2.18. The van der Waals surface area contributed by atoms with Gasteiger partial charge in [-0.15, -0.1) is 0 Å². The molecule has 0 aliphatic heterocycles. The number of hydrogen-bond acceptors (Lipinski definition) is 2. The van der Waals surface area contributed by atoms with E-state index in [1.165, 1.54) is 12.1 Å². The van der Waals surface area contributed by atoms with E-state index >= 15 is 0 Å². The lowest BCUT2D eigenvalue weighted by Gasteiger charge is -2.26. The molecule has 5 heteroatoms. The molecule has 0 radical (unpaired) electrons. The number of carbonyl (C=O) groups is 1. The third-order valence-electron chi connectivity index (χ3n) is 4.02. The van der Waals surface area contributed by atoms with Crippen LogP contribution in [-0.4, -0.2) is 29.8 Å². The van der Waals surface area contributed by atoms with Crippen LogP contribution in [0.15, 0.2) is 18.2 Å². The van der Waals surface area contributed by atoms with Crippen LogP contribution in [0, 0.1) is 12.7 Å². The number of aliphatic hydroxyl groups excluding tert-OH is 1. The van der Waals surface area contributed by atoms with Crippen molar-refractivity contribution in [1.82, 2.24) is 10.6 Å². The maximum absolute atomic E-state index is 13.0. The van der Waals surface area contributed by atoms with E-state index < -0.39 is 0 Å². The Morgan fingerprint density at radius 1 is 1.33 bits per heavy atom. The van der Waals surface area contributed by atoms with Gasteiger partial charge in [-0.1, -0.05) is 6.07 Å². The minimum atomic E-state index is -0.235. The van der Waals surface area contributed by atoms with Crippen LogP contribution >= 0.6 is 0 Å². The zero-order chi connectivity index (χ0) is 15.2. The standard InChI is InChI=1S/C16H23FN2O2/c1-11-10-13(17)3-2-12(11)8-9-18-16(21)19-14-4-6-15(20)7-5-14/h2-3,10,14-15,20H,4-9H2,1H3,(H2,18,19,21). The van der Waals surface area contributed by atoms with Gasteiger partial charge in [0.25, 0.3) is 0 Å². The smallest absolute Gasteiger partial charge is 0.315 e. The Balaban J connectivity index is 1.69. The van der Waals surface area contributed by atoms with Gasteiger partial charge in [0, 0.05) is 12.6 Å². The summed E-state index contributed by atoms with van der Waals surface area (Å²) in [6.45, 7) is 2.39. The van der Waals surface area contributed by atoms with E-state index in [-0.39, 0.29) is 24.0 Å². The van der Waals surface area contributed by atoms with Gasteiger partial charge in [-0.05, 0) is 62.3 Å². The summed E-state index contributed by atoms with van der Waals surface area (Å²) in [5.41, 5.74) is 1.94. The SMILES string of the molecule is Cc1cc(F)ccc1CCNC(=O)NC1CCC(O)CC1. The van der Waals surface area contributed by atoms with Crippen molar-refractivity contribution in [3.63, 3.8) is 0 Å². The summed E-state index contributed by atoms with van der Waals surface area (Å²) in [5.74, 6) is -0.235. The summed E-state index contributed by atoms with van der Waals surface area (Å²) in [4.78, 5) is 11.8. The molecule has 1 aliphatic carbocycles. The highest BCUT2D eigenvalue weighted by Gasteiger charge is 2.20. The Hall–Kier alpha value is -1.62. The van der Waals surface area contributed by atoms with Gasteiger partial charge in [-0.25, -0.2) is 9.18 Å². The van der Waals surface area contributed by atoms with E-state index in [0.29, 0.717) is 13.0 Å².